The van der Waals surface area contributed by atoms with Gasteiger partial charge < -0.3 is 15.5 Å². The Kier molecular flexibility index (Phi) is 7.60. The topological polar surface area (TPSA) is 124 Å². The minimum Gasteiger partial charge on any atom is -0.355 e. The van der Waals surface area contributed by atoms with Crippen LogP contribution in [0.3, 0.4) is 0 Å². The number of benzene rings is 1. The van der Waals surface area contributed by atoms with Crippen LogP contribution in [-0.2, 0) is 16.0 Å². The maximum Gasteiger partial charge on any atom is 0.246 e. The summed E-state index contributed by atoms with van der Waals surface area (Å²) in [6.07, 6.45) is 6.60. The molecule has 11 heteroatoms. The van der Waals surface area contributed by atoms with Gasteiger partial charge in [0.05, 0.1) is 6.07 Å². The number of piperidine rings is 1. The van der Waals surface area contributed by atoms with Crippen molar-refractivity contribution in [2.24, 2.45) is 22.7 Å². The lowest BCUT2D eigenvalue weighted by atomic mass is 9.85. The number of pyridine rings is 1. The van der Waals surface area contributed by atoms with Crippen molar-refractivity contribution in [1.29, 1.82) is 5.26 Å². The Morgan fingerprint density at radius 2 is 1.93 bits per heavy atom. The second kappa shape index (κ2) is 10.7. The third-order valence-electron chi connectivity index (χ3n) is 8.52. The minimum atomic E-state index is -0.834. The number of hydrogen-bond donors (Lipinski definition) is 2. The van der Waals surface area contributed by atoms with E-state index < -0.39 is 23.5 Å². The van der Waals surface area contributed by atoms with Crippen LogP contribution in [0.25, 0.3) is 10.8 Å². The van der Waals surface area contributed by atoms with Crippen LogP contribution in [0, 0.1) is 34.0 Å². The van der Waals surface area contributed by atoms with Gasteiger partial charge in [-0.2, -0.15) is 5.26 Å². The molecule has 1 saturated carbocycles. The molecule has 1 saturated heterocycles. The quantitative estimate of drug-likeness (QED) is 0.399. The molecule has 3 aromatic rings. The van der Waals surface area contributed by atoms with Gasteiger partial charge in [0.25, 0.3) is 0 Å². The first kappa shape index (κ1) is 29.0. The zero-order valence-electron chi connectivity index (χ0n) is 23.7. The van der Waals surface area contributed by atoms with Crippen LogP contribution in [0.2, 0.25) is 10.2 Å². The van der Waals surface area contributed by atoms with Crippen LogP contribution in [0.1, 0.15) is 40.2 Å². The van der Waals surface area contributed by atoms with Gasteiger partial charge in [-0.15, -0.1) is 0 Å². The predicted molar refractivity (Wildman–Crippen MR) is 158 cm³/mol. The molecule has 1 aromatic carbocycles. The number of rotatable bonds is 7. The number of aromatic nitrogens is 3. The monoisotopic (exact) mass is 593 g/mol. The van der Waals surface area contributed by atoms with Gasteiger partial charge in [0.1, 0.15) is 18.1 Å². The summed E-state index contributed by atoms with van der Waals surface area (Å²) < 4.78 is 0. The lowest BCUT2D eigenvalue weighted by molar-refractivity contribution is -0.142. The van der Waals surface area contributed by atoms with E-state index in [0.717, 1.165) is 16.3 Å². The highest BCUT2D eigenvalue weighted by Crippen LogP contribution is 2.65. The van der Waals surface area contributed by atoms with Crippen LogP contribution in [0.4, 0.5) is 5.82 Å². The Labute approximate surface area is 249 Å². The summed E-state index contributed by atoms with van der Waals surface area (Å²) in [6.45, 7) is 10.5. The summed E-state index contributed by atoms with van der Waals surface area (Å²) in [6, 6.07) is 5.50. The van der Waals surface area contributed by atoms with Gasteiger partial charge in [-0.3, -0.25) is 14.6 Å². The van der Waals surface area contributed by atoms with Crippen LogP contribution in [-0.4, -0.2) is 56.3 Å². The molecular formula is C30H33Cl2N7O2. The molecular weight excluding hydrogens is 561 g/mol. The Morgan fingerprint density at radius 1 is 1.20 bits per heavy atom. The molecule has 0 bridgehead atoms. The van der Waals surface area contributed by atoms with Gasteiger partial charge in [0, 0.05) is 53.5 Å². The fraction of sp³-hybridized carbons (Fsp3) is 0.467. The summed E-state index contributed by atoms with van der Waals surface area (Å²) >= 11 is 12.7. The van der Waals surface area contributed by atoms with Gasteiger partial charge in [0.2, 0.25) is 11.8 Å². The van der Waals surface area contributed by atoms with E-state index >= 15 is 0 Å². The fourth-order valence-corrected chi connectivity index (χ4v) is 6.67. The number of carbonyl (C=O) groups excluding carboxylic acids is 2. The molecule has 2 amide bonds. The smallest absolute Gasteiger partial charge is 0.246 e. The van der Waals surface area contributed by atoms with E-state index in [1.165, 1.54) is 12.4 Å². The third kappa shape index (κ3) is 5.43. The summed E-state index contributed by atoms with van der Waals surface area (Å²) in [7, 11) is 0. The zero-order chi connectivity index (χ0) is 29.7. The van der Waals surface area contributed by atoms with Crippen LogP contribution in [0.15, 0.2) is 43.0 Å². The van der Waals surface area contributed by atoms with Crippen molar-refractivity contribution in [1.82, 2.24) is 25.2 Å². The van der Waals surface area contributed by atoms with Gasteiger partial charge in [-0.05, 0) is 34.3 Å². The first-order valence-corrected chi connectivity index (χ1v) is 14.3. The maximum atomic E-state index is 14.1. The van der Waals surface area contributed by atoms with E-state index in [1.807, 2.05) is 32.9 Å². The number of halogens is 2. The second-order valence-corrected chi connectivity index (χ2v) is 13.3. The molecule has 2 aromatic heterocycles. The van der Waals surface area contributed by atoms with Crippen molar-refractivity contribution in [2.45, 2.75) is 59.2 Å². The minimum absolute atomic E-state index is 0.0137. The molecule has 5 rings (SSSR count). The third-order valence-corrected chi connectivity index (χ3v) is 9.11. The Hall–Kier alpha value is -3.48. The number of carbonyl (C=O) groups is 2. The molecule has 1 aliphatic heterocycles. The standard InChI is InChI=1S/C30H33Cl2N7O2/c1-29(2,3)24(38-26-25(32)35-9-10-36-26)28(41)39-15-19-22(30(19,4)5)23(39)27(40)37-18(12-33)11-17-14-34-13-16-7-6-8-20(31)21(16)17/h6-10,13-14,18-19,22-24H,11,15H2,1-5H3,(H,36,38)(H,37,40)/t18?,19-,22-,23-,24+/m0/s1. The molecule has 3 heterocycles. The van der Waals surface area contributed by atoms with Crippen molar-refractivity contribution < 1.29 is 9.59 Å². The van der Waals surface area contributed by atoms with Crippen molar-refractivity contribution >= 4 is 51.6 Å². The lowest BCUT2D eigenvalue weighted by Gasteiger charge is -2.38. The Bertz CT molecular complexity index is 1540. The molecule has 5 atom stereocenters. The number of fused-ring (bicyclic) bond motifs is 2. The summed E-state index contributed by atoms with van der Waals surface area (Å²) in [4.78, 5) is 42.3. The largest absolute Gasteiger partial charge is 0.355 e. The van der Waals surface area contributed by atoms with Crippen LogP contribution < -0.4 is 10.6 Å². The average molecular weight is 595 g/mol. The Balaban J connectivity index is 1.39. The number of hydrogen-bond acceptors (Lipinski definition) is 7. The number of likely N-dealkylation sites (tertiary alicyclic amines) is 1. The first-order chi connectivity index (χ1) is 19.3. The lowest BCUT2D eigenvalue weighted by Crippen LogP contribution is -2.57. The summed E-state index contributed by atoms with van der Waals surface area (Å²) in [5.74, 6) is -0.0851. The fourth-order valence-electron chi connectivity index (χ4n) is 6.20. The Morgan fingerprint density at radius 3 is 2.61 bits per heavy atom. The highest BCUT2D eigenvalue weighted by Gasteiger charge is 2.69. The molecule has 2 fully saturated rings. The normalized spacial score (nSPS) is 22.4. The van der Waals surface area contributed by atoms with Gasteiger partial charge in [-0.1, -0.05) is 70.0 Å². The van der Waals surface area contributed by atoms with Gasteiger partial charge in [0.15, 0.2) is 11.0 Å². The molecule has 1 aliphatic carbocycles. The van der Waals surface area contributed by atoms with Crippen molar-refractivity contribution in [3.05, 3.63) is 58.7 Å². The molecule has 0 spiro atoms. The molecule has 2 N–H and O–H groups in total. The first-order valence-electron chi connectivity index (χ1n) is 13.6. The van der Waals surface area contributed by atoms with E-state index in [0.29, 0.717) is 17.4 Å². The summed E-state index contributed by atoms with van der Waals surface area (Å²) in [5, 5.41) is 18.5. The highest BCUT2D eigenvalue weighted by atomic mass is 35.5. The predicted octanol–water partition coefficient (Wildman–Crippen LogP) is 4.89. The highest BCUT2D eigenvalue weighted by molar-refractivity contribution is 6.35. The van der Waals surface area contributed by atoms with E-state index in [4.69, 9.17) is 23.2 Å². The van der Waals surface area contributed by atoms with Crippen molar-refractivity contribution in [3.8, 4) is 6.07 Å². The van der Waals surface area contributed by atoms with E-state index in [1.54, 1.807) is 23.4 Å². The molecule has 214 valence electrons. The number of anilines is 1. The van der Waals surface area contributed by atoms with E-state index in [-0.39, 0.29) is 40.6 Å². The molecule has 41 heavy (non-hydrogen) atoms. The molecule has 2 aliphatic rings. The average Bonchev–Trinajstić information content (AvgIpc) is 3.23. The molecule has 1 unspecified atom stereocenters. The number of nitrogens with zero attached hydrogens (tertiary/aromatic N) is 5. The molecule has 9 nitrogen and oxygen atoms in total. The molecule has 0 radical (unpaired) electrons. The summed E-state index contributed by atoms with van der Waals surface area (Å²) in [5.41, 5.74) is 0.144. The zero-order valence-corrected chi connectivity index (χ0v) is 25.2. The van der Waals surface area contributed by atoms with E-state index in [2.05, 4.69) is 45.5 Å². The van der Waals surface area contributed by atoms with Gasteiger partial charge >= 0.3 is 0 Å². The van der Waals surface area contributed by atoms with Crippen molar-refractivity contribution in [2.75, 3.05) is 11.9 Å². The SMILES string of the molecule is CC(C)(C)[C@H](Nc1nccnc1Cl)C(=O)N1C[C@H]2[C@@H]([C@H]1C(=O)NC(C#N)Cc1cncc3cccc(Cl)c13)C2(C)C. The van der Waals surface area contributed by atoms with E-state index in [9.17, 15) is 14.9 Å². The number of nitrogens with one attached hydrogen (secondary N) is 2. The van der Waals surface area contributed by atoms with Gasteiger partial charge in [-0.25, -0.2) is 9.97 Å². The number of amides is 2. The number of nitriles is 1. The van der Waals surface area contributed by atoms with Crippen LogP contribution in [0.5, 0.6) is 0 Å². The van der Waals surface area contributed by atoms with Crippen LogP contribution >= 0.6 is 23.2 Å². The van der Waals surface area contributed by atoms with Crippen molar-refractivity contribution in [3.63, 3.8) is 0 Å². The second-order valence-electron chi connectivity index (χ2n) is 12.6. The maximum absolute atomic E-state index is 14.1.